The van der Waals surface area contributed by atoms with E-state index in [-0.39, 0.29) is 17.3 Å². The topological polar surface area (TPSA) is 79.3 Å². The molecule has 7 nitrogen and oxygen atoms in total. The summed E-state index contributed by atoms with van der Waals surface area (Å²) in [6, 6.07) is 15.2. The second-order valence-corrected chi connectivity index (χ2v) is 10.4. The number of aliphatic hydroxyl groups is 1. The van der Waals surface area contributed by atoms with E-state index < -0.39 is 17.7 Å². The van der Waals surface area contributed by atoms with Crippen LogP contribution in [0.5, 0.6) is 11.5 Å². The Morgan fingerprint density at radius 2 is 1.62 bits per heavy atom. The summed E-state index contributed by atoms with van der Waals surface area (Å²) in [6.45, 7) is 5.88. The molecule has 3 aromatic carbocycles. The summed E-state index contributed by atoms with van der Waals surface area (Å²) in [6.07, 6.45) is 0. The van der Waals surface area contributed by atoms with Crippen molar-refractivity contribution in [2.75, 3.05) is 38.1 Å². The van der Waals surface area contributed by atoms with Gasteiger partial charge in [0.15, 0.2) is 0 Å². The molecule has 0 aliphatic carbocycles. The van der Waals surface area contributed by atoms with Gasteiger partial charge in [0.25, 0.3) is 11.7 Å². The molecule has 39 heavy (non-hydrogen) atoms. The number of rotatable bonds is 7. The molecule has 0 bridgehead atoms. The molecule has 1 aliphatic heterocycles. The van der Waals surface area contributed by atoms with Gasteiger partial charge in [0.2, 0.25) is 0 Å². The van der Waals surface area contributed by atoms with Crippen molar-refractivity contribution in [3.8, 4) is 11.5 Å². The zero-order valence-corrected chi connectivity index (χ0v) is 24.0. The first-order valence-corrected chi connectivity index (χ1v) is 13.0. The largest absolute Gasteiger partial charge is 0.507 e. The molecule has 1 N–H and O–H groups in total. The average Bonchev–Trinajstić information content (AvgIpc) is 3.17. The fraction of sp³-hybridized carbons (Fsp3) is 0.290. The minimum atomic E-state index is -0.880. The molecular formula is C31H33ClN2O5. The Kier molecular flexibility index (Phi) is 7.93. The van der Waals surface area contributed by atoms with Crippen molar-refractivity contribution >= 4 is 40.4 Å². The molecule has 0 spiro atoms. The number of methoxy groups -OCH3 is 2. The predicted molar refractivity (Wildman–Crippen MR) is 155 cm³/mol. The van der Waals surface area contributed by atoms with Crippen molar-refractivity contribution in [3.63, 3.8) is 0 Å². The van der Waals surface area contributed by atoms with Crippen LogP contribution in [0.3, 0.4) is 0 Å². The first kappa shape index (κ1) is 28.0. The molecule has 1 fully saturated rings. The Labute approximate surface area is 234 Å². The minimum absolute atomic E-state index is 0.00696. The lowest BCUT2D eigenvalue weighted by Gasteiger charge is -2.26. The minimum Gasteiger partial charge on any atom is -0.507 e. The highest BCUT2D eigenvalue weighted by molar-refractivity contribution is 6.52. The number of hydrogen-bond acceptors (Lipinski definition) is 6. The Hall–Kier alpha value is -3.97. The molecule has 0 saturated carbocycles. The van der Waals surface area contributed by atoms with Crippen LogP contribution in [0.2, 0.25) is 5.02 Å². The van der Waals surface area contributed by atoms with Crippen LogP contribution < -0.4 is 19.3 Å². The van der Waals surface area contributed by atoms with Gasteiger partial charge in [-0.2, -0.15) is 0 Å². The van der Waals surface area contributed by atoms with Crippen LogP contribution >= 0.6 is 11.6 Å². The molecule has 1 saturated heterocycles. The number of carbonyl (C=O) groups excluding carboxylic acids is 2. The van der Waals surface area contributed by atoms with Crippen LogP contribution in [0.25, 0.3) is 5.76 Å². The van der Waals surface area contributed by atoms with Gasteiger partial charge in [0, 0.05) is 31.0 Å². The number of benzene rings is 3. The van der Waals surface area contributed by atoms with Crippen LogP contribution in [0.1, 0.15) is 48.1 Å². The number of Topliss-reactive ketones (excluding diaryl/α,β-unsaturated/α-hetero) is 1. The summed E-state index contributed by atoms with van der Waals surface area (Å²) >= 11 is 6.41. The standard InChI is InChI=1S/C31H33ClN2O5/c1-17(2)22-16-23(18(3)14-26(22)39-7)29(35)27-28(19-8-10-20(11-9-19)33(4)5)34(31(37)30(27)36)21-12-13-25(38-6)24(32)15-21/h8-17,28,35H,1-7H3/b29-27+. The third-order valence-electron chi connectivity index (χ3n) is 7.04. The fourth-order valence-corrected chi connectivity index (χ4v) is 5.15. The van der Waals surface area contributed by atoms with Crippen molar-refractivity contribution in [1.29, 1.82) is 0 Å². The average molecular weight is 549 g/mol. The van der Waals surface area contributed by atoms with Gasteiger partial charge in [-0.05, 0) is 72.0 Å². The van der Waals surface area contributed by atoms with Crippen LogP contribution in [0, 0.1) is 6.92 Å². The summed E-state index contributed by atoms with van der Waals surface area (Å²) < 4.78 is 10.8. The number of halogens is 1. The number of ether oxygens (including phenoxy) is 2. The zero-order chi connectivity index (χ0) is 28.6. The molecule has 1 atom stereocenters. The molecule has 0 radical (unpaired) electrons. The number of amides is 1. The first-order chi connectivity index (χ1) is 18.5. The van der Waals surface area contributed by atoms with Crippen LogP contribution in [-0.2, 0) is 9.59 Å². The highest BCUT2D eigenvalue weighted by Crippen LogP contribution is 2.45. The molecule has 0 aromatic heterocycles. The van der Waals surface area contributed by atoms with Gasteiger partial charge >= 0.3 is 0 Å². The number of anilines is 2. The molecule has 4 rings (SSSR count). The number of aliphatic hydroxyl groups excluding tert-OH is 1. The lowest BCUT2D eigenvalue weighted by Crippen LogP contribution is -2.29. The van der Waals surface area contributed by atoms with Crippen molar-refractivity contribution in [3.05, 3.63) is 87.4 Å². The van der Waals surface area contributed by atoms with Crippen LogP contribution in [-0.4, -0.2) is 45.1 Å². The van der Waals surface area contributed by atoms with Gasteiger partial charge < -0.3 is 19.5 Å². The molecule has 204 valence electrons. The molecule has 8 heteroatoms. The number of nitrogens with zero attached hydrogens (tertiary/aromatic N) is 2. The molecular weight excluding hydrogens is 516 g/mol. The maximum absolute atomic E-state index is 13.6. The predicted octanol–water partition coefficient (Wildman–Crippen LogP) is 6.48. The lowest BCUT2D eigenvalue weighted by molar-refractivity contribution is -0.132. The zero-order valence-electron chi connectivity index (χ0n) is 23.2. The van der Waals surface area contributed by atoms with E-state index in [9.17, 15) is 14.7 Å². The van der Waals surface area contributed by atoms with Crippen molar-refractivity contribution in [2.45, 2.75) is 32.7 Å². The van der Waals surface area contributed by atoms with E-state index in [1.54, 1.807) is 25.3 Å². The monoisotopic (exact) mass is 548 g/mol. The highest BCUT2D eigenvalue weighted by Gasteiger charge is 2.47. The summed E-state index contributed by atoms with van der Waals surface area (Å²) in [7, 11) is 6.96. The van der Waals surface area contributed by atoms with Gasteiger partial charge in [-0.25, -0.2) is 0 Å². The van der Waals surface area contributed by atoms with Crippen LogP contribution in [0.15, 0.2) is 60.2 Å². The summed E-state index contributed by atoms with van der Waals surface area (Å²) in [5.41, 5.74) is 4.12. The SMILES string of the molecule is COc1ccc(N2C(=O)C(=O)/C(=C(/O)c3cc(C(C)C)c(OC)cc3C)C2c2ccc(N(C)C)cc2)cc1Cl. The molecule has 1 heterocycles. The van der Waals surface area contributed by atoms with E-state index in [0.717, 1.165) is 11.3 Å². The third-order valence-corrected chi connectivity index (χ3v) is 7.33. The van der Waals surface area contributed by atoms with Gasteiger partial charge in [-0.3, -0.25) is 14.5 Å². The van der Waals surface area contributed by atoms with E-state index in [2.05, 4.69) is 0 Å². The summed E-state index contributed by atoms with van der Waals surface area (Å²) in [5, 5.41) is 12.0. The molecule has 1 aliphatic rings. The Balaban J connectivity index is 1.98. The van der Waals surface area contributed by atoms with Crippen molar-refractivity contribution < 1.29 is 24.2 Å². The molecule has 3 aromatic rings. The summed E-state index contributed by atoms with van der Waals surface area (Å²) in [5.74, 6) is -0.524. The van der Waals surface area contributed by atoms with E-state index >= 15 is 0 Å². The lowest BCUT2D eigenvalue weighted by atomic mass is 9.91. The van der Waals surface area contributed by atoms with E-state index in [1.807, 2.05) is 76.2 Å². The third kappa shape index (κ3) is 5.06. The molecule has 1 amide bonds. The maximum atomic E-state index is 13.6. The van der Waals surface area contributed by atoms with Gasteiger partial charge in [0.1, 0.15) is 17.3 Å². The number of hydrogen-bond donors (Lipinski definition) is 1. The smallest absolute Gasteiger partial charge is 0.300 e. The second-order valence-electron chi connectivity index (χ2n) is 10.0. The van der Waals surface area contributed by atoms with Gasteiger partial charge in [-0.1, -0.05) is 37.6 Å². The van der Waals surface area contributed by atoms with Gasteiger partial charge in [0.05, 0.1) is 30.9 Å². The summed E-state index contributed by atoms with van der Waals surface area (Å²) in [4.78, 5) is 30.5. The van der Waals surface area contributed by atoms with Gasteiger partial charge in [-0.15, -0.1) is 0 Å². The number of aryl methyl sites for hydroxylation is 1. The Morgan fingerprint density at radius 3 is 2.15 bits per heavy atom. The number of ketones is 1. The van der Waals surface area contributed by atoms with E-state index in [1.165, 1.54) is 12.0 Å². The second kappa shape index (κ2) is 11.0. The highest BCUT2D eigenvalue weighted by atomic mass is 35.5. The maximum Gasteiger partial charge on any atom is 0.300 e. The van der Waals surface area contributed by atoms with Crippen molar-refractivity contribution in [1.82, 2.24) is 0 Å². The fourth-order valence-electron chi connectivity index (χ4n) is 4.90. The quantitative estimate of drug-likeness (QED) is 0.207. The first-order valence-electron chi connectivity index (χ1n) is 12.6. The normalized spacial score (nSPS) is 16.6. The van der Waals surface area contributed by atoms with Crippen LogP contribution in [0.4, 0.5) is 11.4 Å². The Morgan fingerprint density at radius 1 is 0.974 bits per heavy atom. The Bertz CT molecular complexity index is 1460. The molecule has 1 unspecified atom stereocenters. The van der Waals surface area contributed by atoms with E-state index in [0.29, 0.717) is 38.9 Å². The van der Waals surface area contributed by atoms with Crippen molar-refractivity contribution in [2.24, 2.45) is 0 Å². The number of carbonyl (C=O) groups is 2. The van der Waals surface area contributed by atoms with E-state index in [4.69, 9.17) is 21.1 Å².